The van der Waals surface area contributed by atoms with Crippen LogP contribution in [0.15, 0.2) is 10.9 Å². The van der Waals surface area contributed by atoms with E-state index in [4.69, 9.17) is 0 Å². The third kappa shape index (κ3) is 1.36. The number of hydrogen-bond acceptors (Lipinski definition) is 2. The monoisotopic (exact) mass is 160 g/mol. The Kier molecular flexibility index (Phi) is 1.89. The molecule has 0 aliphatic heterocycles. The highest BCUT2D eigenvalue weighted by atomic mass is 19.1. The van der Waals surface area contributed by atoms with Crippen molar-refractivity contribution >= 4 is 5.82 Å². The van der Waals surface area contributed by atoms with E-state index in [1.807, 2.05) is 4.98 Å². The number of aromatic amines is 1. The van der Waals surface area contributed by atoms with Gasteiger partial charge in [0, 0.05) is 13.1 Å². The number of rotatable bonds is 1. The van der Waals surface area contributed by atoms with Crippen LogP contribution < -0.4 is 10.9 Å². The smallest absolute Gasteiger partial charge is 0.285 e. The molecular formula is C6H6F2N2O. The summed E-state index contributed by atoms with van der Waals surface area (Å²) in [6, 6.07) is 0.532. The predicted molar refractivity (Wildman–Crippen MR) is 36.5 cm³/mol. The number of hydrogen-bond donors (Lipinski definition) is 2. The molecule has 1 aromatic rings. The number of H-pyrrole nitrogens is 1. The van der Waals surface area contributed by atoms with Crippen molar-refractivity contribution in [2.75, 3.05) is 12.4 Å². The van der Waals surface area contributed by atoms with Gasteiger partial charge in [-0.25, -0.2) is 8.78 Å². The van der Waals surface area contributed by atoms with E-state index in [1.54, 1.807) is 0 Å². The normalized spacial score (nSPS) is 9.73. The summed E-state index contributed by atoms with van der Waals surface area (Å²) in [6.07, 6.45) is 0. The molecule has 3 nitrogen and oxygen atoms in total. The Morgan fingerprint density at radius 3 is 2.64 bits per heavy atom. The first-order valence-electron chi connectivity index (χ1n) is 2.91. The molecule has 60 valence electrons. The molecule has 1 rings (SSSR count). The quantitative estimate of drug-likeness (QED) is 0.635. The molecule has 0 amide bonds. The lowest BCUT2D eigenvalue weighted by molar-refractivity contribution is 0.567. The molecule has 0 spiro atoms. The third-order valence-electron chi connectivity index (χ3n) is 1.20. The van der Waals surface area contributed by atoms with Crippen LogP contribution in [0, 0.1) is 11.6 Å². The molecule has 0 radical (unpaired) electrons. The first-order valence-corrected chi connectivity index (χ1v) is 2.91. The second kappa shape index (κ2) is 2.69. The zero-order chi connectivity index (χ0) is 8.43. The number of pyridine rings is 1. The van der Waals surface area contributed by atoms with E-state index in [2.05, 4.69) is 5.32 Å². The molecule has 5 heteroatoms. The lowest BCUT2D eigenvalue weighted by Crippen LogP contribution is -2.13. The molecule has 1 aromatic heterocycles. The first kappa shape index (κ1) is 7.71. The number of halogens is 2. The van der Waals surface area contributed by atoms with Crippen LogP contribution in [0.1, 0.15) is 0 Å². The Morgan fingerprint density at radius 2 is 2.09 bits per heavy atom. The highest BCUT2D eigenvalue weighted by Crippen LogP contribution is 2.06. The van der Waals surface area contributed by atoms with E-state index in [1.165, 1.54) is 7.05 Å². The van der Waals surface area contributed by atoms with E-state index in [-0.39, 0.29) is 5.82 Å². The molecule has 11 heavy (non-hydrogen) atoms. The largest absolute Gasteiger partial charge is 0.372 e. The van der Waals surface area contributed by atoms with Gasteiger partial charge in [-0.05, 0) is 0 Å². The van der Waals surface area contributed by atoms with Crippen LogP contribution in [-0.4, -0.2) is 12.0 Å². The number of anilines is 1. The van der Waals surface area contributed by atoms with E-state index >= 15 is 0 Å². The van der Waals surface area contributed by atoms with Gasteiger partial charge in [0.2, 0.25) is 0 Å². The van der Waals surface area contributed by atoms with Crippen molar-refractivity contribution in [2.45, 2.75) is 0 Å². The molecule has 0 unspecified atom stereocenters. The van der Waals surface area contributed by atoms with Crippen LogP contribution in [-0.2, 0) is 0 Å². The summed E-state index contributed by atoms with van der Waals surface area (Å²) in [5.41, 5.74) is -0.934. The molecule has 0 aliphatic rings. The number of nitrogens with one attached hydrogen (secondary N) is 2. The van der Waals surface area contributed by atoms with Crippen LogP contribution >= 0.6 is 0 Å². The summed E-state index contributed by atoms with van der Waals surface area (Å²) >= 11 is 0. The molecule has 1 heterocycles. The maximum Gasteiger partial charge on any atom is 0.285 e. The van der Waals surface area contributed by atoms with Crippen molar-refractivity contribution in [3.05, 3.63) is 28.1 Å². The van der Waals surface area contributed by atoms with Crippen LogP contribution in [0.4, 0.5) is 14.6 Å². The fourth-order valence-electron chi connectivity index (χ4n) is 0.664. The lowest BCUT2D eigenvalue weighted by Gasteiger charge is -1.99. The van der Waals surface area contributed by atoms with Crippen molar-refractivity contribution in [3.63, 3.8) is 0 Å². The highest BCUT2D eigenvalue weighted by Gasteiger charge is 2.05. The van der Waals surface area contributed by atoms with Gasteiger partial charge in [-0.1, -0.05) is 0 Å². The molecule has 0 aromatic carbocycles. The summed E-state index contributed by atoms with van der Waals surface area (Å²) in [4.78, 5) is 12.5. The fourth-order valence-corrected chi connectivity index (χ4v) is 0.664. The van der Waals surface area contributed by atoms with Gasteiger partial charge in [-0.2, -0.15) is 0 Å². The van der Waals surface area contributed by atoms with Crippen molar-refractivity contribution in [3.8, 4) is 0 Å². The summed E-state index contributed by atoms with van der Waals surface area (Å²) < 4.78 is 24.8. The maximum atomic E-state index is 12.6. The summed E-state index contributed by atoms with van der Waals surface area (Å²) in [7, 11) is 1.42. The minimum Gasteiger partial charge on any atom is -0.372 e. The molecule has 2 N–H and O–H groups in total. The highest BCUT2D eigenvalue weighted by molar-refractivity contribution is 5.34. The van der Waals surface area contributed by atoms with Crippen LogP contribution in [0.25, 0.3) is 0 Å². The van der Waals surface area contributed by atoms with Crippen molar-refractivity contribution < 1.29 is 8.78 Å². The Hall–Kier alpha value is -1.39. The van der Waals surface area contributed by atoms with Gasteiger partial charge in [-0.15, -0.1) is 0 Å². The van der Waals surface area contributed by atoms with Gasteiger partial charge in [0.05, 0.1) is 0 Å². The van der Waals surface area contributed by atoms with Crippen molar-refractivity contribution in [1.82, 2.24) is 4.98 Å². The minimum atomic E-state index is -1.12. The molecule has 0 saturated heterocycles. The average molecular weight is 160 g/mol. The van der Waals surface area contributed by atoms with Crippen LogP contribution in [0.2, 0.25) is 0 Å². The Balaban J connectivity index is 3.32. The maximum absolute atomic E-state index is 12.6. The topological polar surface area (TPSA) is 44.9 Å². The van der Waals surface area contributed by atoms with Gasteiger partial charge >= 0.3 is 0 Å². The van der Waals surface area contributed by atoms with E-state index in [9.17, 15) is 13.6 Å². The Labute approximate surface area is 61.1 Å². The zero-order valence-corrected chi connectivity index (χ0v) is 5.74. The summed E-state index contributed by atoms with van der Waals surface area (Å²) in [6.45, 7) is 0. The molecule has 0 aliphatic carbocycles. The summed E-state index contributed by atoms with van der Waals surface area (Å²) in [5.74, 6) is -2.05. The van der Waals surface area contributed by atoms with E-state index in [0.29, 0.717) is 6.07 Å². The predicted octanol–water partition coefficient (Wildman–Crippen LogP) is 0.695. The van der Waals surface area contributed by atoms with Crippen LogP contribution in [0.3, 0.4) is 0 Å². The molecule has 0 bridgehead atoms. The molecule has 0 atom stereocenters. The second-order valence-electron chi connectivity index (χ2n) is 1.92. The summed E-state index contributed by atoms with van der Waals surface area (Å²) in [5, 5.41) is 2.37. The minimum absolute atomic E-state index is 0.114. The standard InChI is InChI=1S/C6H6F2N2O/c1-9-5-3(7)2-4(8)6(11)10-5/h2H,1H3,(H2,9,10,11). The SMILES string of the molecule is CNc1[nH]c(=O)c(F)cc1F. The Morgan fingerprint density at radius 1 is 1.45 bits per heavy atom. The second-order valence-corrected chi connectivity index (χ2v) is 1.92. The van der Waals surface area contributed by atoms with E-state index < -0.39 is 17.2 Å². The lowest BCUT2D eigenvalue weighted by atomic mass is 10.4. The van der Waals surface area contributed by atoms with Gasteiger partial charge in [0.25, 0.3) is 5.56 Å². The first-order chi connectivity index (χ1) is 5.15. The number of aromatic nitrogens is 1. The fraction of sp³-hybridized carbons (Fsp3) is 0.167. The Bertz CT molecular complexity index is 321. The van der Waals surface area contributed by atoms with Gasteiger partial charge in [-0.3, -0.25) is 4.79 Å². The van der Waals surface area contributed by atoms with Gasteiger partial charge < -0.3 is 10.3 Å². The average Bonchev–Trinajstić information content (AvgIpc) is 1.97. The van der Waals surface area contributed by atoms with Crippen LogP contribution in [0.5, 0.6) is 0 Å². The van der Waals surface area contributed by atoms with Gasteiger partial charge in [0.1, 0.15) is 5.82 Å². The molecular weight excluding hydrogens is 154 g/mol. The zero-order valence-electron chi connectivity index (χ0n) is 5.74. The van der Waals surface area contributed by atoms with Gasteiger partial charge in [0.15, 0.2) is 11.6 Å². The molecule has 0 fully saturated rings. The van der Waals surface area contributed by atoms with Crippen molar-refractivity contribution in [1.29, 1.82) is 0 Å². The van der Waals surface area contributed by atoms with E-state index in [0.717, 1.165) is 0 Å². The van der Waals surface area contributed by atoms with Crippen molar-refractivity contribution in [2.24, 2.45) is 0 Å². The third-order valence-corrected chi connectivity index (χ3v) is 1.20. The molecule has 0 saturated carbocycles.